The summed E-state index contributed by atoms with van der Waals surface area (Å²) in [6, 6.07) is 0. The van der Waals surface area contributed by atoms with Crippen molar-refractivity contribution in [3.63, 3.8) is 0 Å². The molecule has 0 aromatic rings. The maximum atomic E-state index is 11.7. The molecule has 1 saturated heterocycles. The molecular formula is C10H18N2O4. The molecule has 1 rings (SSSR count). The highest BCUT2D eigenvalue weighted by molar-refractivity contribution is 5.81. The Morgan fingerprint density at radius 2 is 2.00 bits per heavy atom. The van der Waals surface area contributed by atoms with Gasteiger partial charge in [0.05, 0.1) is 7.11 Å². The van der Waals surface area contributed by atoms with E-state index in [2.05, 4.69) is 10.1 Å². The van der Waals surface area contributed by atoms with E-state index in [0.29, 0.717) is 13.1 Å². The number of esters is 1. The van der Waals surface area contributed by atoms with E-state index in [1.54, 1.807) is 20.8 Å². The number of carbonyl (C=O) groups is 2. The van der Waals surface area contributed by atoms with Crippen LogP contribution < -0.4 is 5.32 Å². The van der Waals surface area contributed by atoms with Crippen LogP contribution in [0.2, 0.25) is 0 Å². The van der Waals surface area contributed by atoms with Crippen LogP contribution in [0.15, 0.2) is 0 Å². The first-order chi connectivity index (χ1) is 7.35. The van der Waals surface area contributed by atoms with Gasteiger partial charge in [-0.1, -0.05) is 0 Å². The molecule has 1 fully saturated rings. The zero-order chi connectivity index (χ0) is 12.3. The molecule has 1 aliphatic rings. The van der Waals surface area contributed by atoms with Crippen molar-refractivity contribution in [3.8, 4) is 0 Å². The first-order valence-electron chi connectivity index (χ1n) is 5.16. The summed E-state index contributed by atoms with van der Waals surface area (Å²) in [7, 11) is 1.29. The minimum absolute atomic E-state index is 0.439. The lowest BCUT2D eigenvalue weighted by Crippen LogP contribution is -2.47. The van der Waals surface area contributed by atoms with Crippen LogP contribution in [-0.4, -0.2) is 48.9 Å². The Bertz CT molecular complexity index is 285. The minimum Gasteiger partial charge on any atom is -0.466 e. The Morgan fingerprint density at radius 1 is 1.38 bits per heavy atom. The summed E-state index contributed by atoms with van der Waals surface area (Å²) in [5.74, 6) is -0.483. The van der Waals surface area contributed by atoms with Gasteiger partial charge in [-0.3, -0.25) is 10.2 Å². The number of hydrogen-bond donors (Lipinski definition) is 1. The molecule has 1 N–H and O–H groups in total. The molecule has 0 radical (unpaired) electrons. The van der Waals surface area contributed by atoms with Gasteiger partial charge in [-0.2, -0.15) is 0 Å². The third kappa shape index (κ3) is 3.10. The van der Waals surface area contributed by atoms with E-state index in [1.807, 2.05) is 0 Å². The van der Waals surface area contributed by atoms with Gasteiger partial charge in [0, 0.05) is 13.1 Å². The zero-order valence-electron chi connectivity index (χ0n) is 10.1. The molecular weight excluding hydrogens is 212 g/mol. The SMILES string of the molecule is COC(=O)[C@@H]1NCCN1C(=O)OC(C)(C)C. The Balaban J connectivity index is 2.65. The van der Waals surface area contributed by atoms with Gasteiger partial charge in [-0.05, 0) is 20.8 Å². The number of rotatable bonds is 1. The van der Waals surface area contributed by atoms with E-state index in [0.717, 1.165) is 0 Å². The number of hydrogen-bond acceptors (Lipinski definition) is 5. The average Bonchev–Trinajstić information content (AvgIpc) is 2.62. The molecule has 0 spiro atoms. The van der Waals surface area contributed by atoms with E-state index < -0.39 is 23.8 Å². The monoisotopic (exact) mass is 230 g/mol. The molecule has 0 saturated carbocycles. The van der Waals surface area contributed by atoms with Crippen LogP contribution in [0.5, 0.6) is 0 Å². The van der Waals surface area contributed by atoms with E-state index >= 15 is 0 Å². The van der Waals surface area contributed by atoms with Crippen LogP contribution in [0, 0.1) is 0 Å². The van der Waals surface area contributed by atoms with Crippen molar-refractivity contribution in [1.29, 1.82) is 0 Å². The van der Waals surface area contributed by atoms with Gasteiger partial charge in [0.25, 0.3) is 0 Å². The topological polar surface area (TPSA) is 67.9 Å². The number of nitrogens with zero attached hydrogens (tertiary/aromatic N) is 1. The normalized spacial score (nSPS) is 20.8. The second kappa shape index (κ2) is 4.69. The van der Waals surface area contributed by atoms with Gasteiger partial charge in [0.2, 0.25) is 0 Å². The van der Waals surface area contributed by atoms with Gasteiger partial charge in [-0.25, -0.2) is 9.59 Å². The molecule has 0 unspecified atom stereocenters. The maximum absolute atomic E-state index is 11.7. The highest BCUT2D eigenvalue weighted by Gasteiger charge is 2.36. The fraction of sp³-hybridized carbons (Fsp3) is 0.800. The number of ether oxygens (including phenoxy) is 2. The first-order valence-corrected chi connectivity index (χ1v) is 5.16. The second-order valence-electron chi connectivity index (χ2n) is 4.55. The summed E-state index contributed by atoms with van der Waals surface area (Å²) in [5, 5.41) is 2.87. The van der Waals surface area contributed by atoms with Crippen molar-refractivity contribution in [2.24, 2.45) is 0 Å². The molecule has 0 aliphatic carbocycles. The van der Waals surface area contributed by atoms with Crippen molar-refractivity contribution in [2.75, 3.05) is 20.2 Å². The summed E-state index contributed by atoms with van der Waals surface area (Å²) in [4.78, 5) is 24.4. The van der Waals surface area contributed by atoms with Crippen molar-refractivity contribution in [3.05, 3.63) is 0 Å². The van der Waals surface area contributed by atoms with Gasteiger partial charge in [0.15, 0.2) is 6.17 Å². The van der Waals surface area contributed by atoms with Crippen molar-refractivity contribution < 1.29 is 19.1 Å². The van der Waals surface area contributed by atoms with Gasteiger partial charge in [0.1, 0.15) is 5.60 Å². The molecule has 6 nitrogen and oxygen atoms in total. The average molecular weight is 230 g/mol. The smallest absolute Gasteiger partial charge is 0.412 e. The highest BCUT2D eigenvalue weighted by atomic mass is 16.6. The quantitative estimate of drug-likeness (QED) is 0.657. The summed E-state index contributed by atoms with van der Waals surface area (Å²) >= 11 is 0. The summed E-state index contributed by atoms with van der Waals surface area (Å²) in [6.07, 6.45) is -1.24. The molecule has 1 aliphatic heterocycles. The maximum Gasteiger partial charge on any atom is 0.412 e. The van der Waals surface area contributed by atoms with Crippen LogP contribution in [-0.2, 0) is 14.3 Å². The third-order valence-electron chi connectivity index (χ3n) is 2.05. The largest absolute Gasteiger partial charge is 0.466 e. The van der Waals surface area contributed by atoms with Crippen LogP contribution in [0.1, 0.15) is 20.8 Å². The lowest BCUT2D eigenvalue weighted by molar-refractivity contribution is -0.146. The molecule has 16 heavy (non-hydrogen) atoms. The van der Waals surface area contributed by atoms with Crippen molar-refractivity contribution in [2.45, 2.75) is 32.5 Å². The predicted octanol–water partition coefficient (Wildman–Crippen LogP) is 0.326. The van der Waals surface area contributed by atoms with Gasteiger partial charge < -0.3 is 9.47 Å². The van der Waals surface area contributed by atoms with Gasteiger partial charge in [-0.15, -0.1) is 0 Å². The lowest BCUT2D eigenvalue weighted by atomic mass is 10.2. The lowest BCUT2D eigenvalue weighted by Gasteiger charge is -2.26. The first kappa shape index (κ1) is 12.8. The van der Waals surface area contributed by atoms with Crippen LogP contribution in [0.25, 0.3) is 0 Å². The fourth-order valence-corrected chi connectivity index (χ4v) is 1.40. The highest BCUT2D eigenvalue weighted by Crippen LogP contribution is 2.13. The van der Waals surface area contributed by atoms with Crippen molar-refractivity contribution >= 4 is 12.1 Å². The van der Waals surface area contributed by atoms with E-state index in [9.17, 15) is 9.59 Å². The number of methoxy groups -OCH3 is 1. The molecule has 1 amide bonds. The molecule has 0 aromatic heterocycles. The Hall–Kier alpha value is -1.30. The predicted molar refractivity (Wildman–Crippen MR) is 56.7 cm³/mol. The van der Waals surface area contributed by atoms with Crippen molar-refractivity contribution in [1.82, 2.24) is 10.2 Å². The zero-order valence-corrected chi connectivity index (χ0v) is 10.1. The fourth-order valence-electron chi connectivity index (χ4n) is 1.40. The van der Waals surface area contributed by atoms with Gasteiger partial charge >= 0.3 is 12.1 Å². The second-order valence-corrected chi connectivity index (χ2v) is 4.55. The molecule has 92 valence electrons. The Labute approximate surface area is 94.9 Å². The minimum atomic E-state index is -0.736. The standard InChI is InChI=1S/C10H18N2O4/c1-10(2,3)16-9(14)12-6-5-11-7(12)8(13)15-4/h7,11H,5-6H2,1-4H3/t7-/m1/s1. The molecule has 6 heteroatoms. The number of carbonyl (C=O) groups excluding carboxylic acids is 2. The third-order valence-corrected chi connectivity index (χ3v) is 2.05. The van der Waals surface area contributed by atoms with Crippen LogP contribution in [0.3, 0.4) is 0 Å². The number of nitrogens with one attached hydrogen (secondary N) is 1. The molecule has 1 heterocycles. The molecule has 1 atom stereocenters. The summed E-state index contributed by atoms with van der Waals surface area (Å²) in [6.45, 7) is 6.33. The Morgan fingerprint density at radius 3 is 2.50 bits per heavy atom. The van der Waals surface area contributed by atoms with E-state index in [4.69, 9.17) is 4.74 Å². The van der Waals surface area contributed by atoms with E-state index in [-0.39, 0.29) is 0 Å². The molecule has 0 aromatic carbocycles. The summed E-state index contributed by atoms with van der Waals surface area (Å²) in [5.41, 5.74) is -0.569. The number of amides is 1. The molecule has 0 bridgehead atoms. The van der Waals surface area contributed by atoms with Crippen LogP contribution >= 0.6 is 0 Å². The van der Waals surface area contributed by atoms with E-state index in [1.165, 1.54) is 12.0 Å². The van der Waals surface area contributed by atoms with Crippen LogP contribution in [0.4, 0.5) is 4.79 Å². The Kier molecular flexibility index (Phi) is 3.74. The summed E-state index contributed by atoms with van der Waals surface area (Å²) < 4.78 is 9.78.